The maximum Gasteiger partial charge on any atom is 0.490 e. The van der Waals surface area contributed by atoms with E-state index in [4.69, 9.17) is 15.6 Å². The van der Waals surface area contributed by atoms with Gasteiger partial charge in [-0.25, -0.2) is 13.2 Å². The molecule has 3 N–H and O–H groups in total. The van der Waals surface area contributed by atoms with Gasteiger partial charge in [0.25, 0.3) is 0 Å². The topological polar surface area (TPSA) is 118 Å². The minimum absolute atomic E-state index is 0.184. The summed E-state index contributed by atoms with van der Waals surface area (Å²) in [6, 6.07) is 12.6. The molecule has 222 valence electrons. The number of aliphatic carboxylic acids is 1. The molecule has 3 rings (SSSR count). The largest absolute Gasteiger partial charge is 0.490 e. The standard InChI is InChI=1S/C24H29F3N2O3S.C2HF3O2/c1-23(2,33(31,32)20-10-6-9-19(16-20)24(25,26)27)18-11-13-29(14-12-18)22(30)21(28)15-17-7-4-3-5-8-17;3-2(4,5)1(6)7/h3-10,16,18,21H,11-15,28H2,1-2H3;(H,6,7)/t21-;/m1./s1. The molecule has 0 aliphatic carbocycles. The van der Waals surface area contributed by atoms with Crippen molar-refractivity contribution in [2.75, 3.05) is 13.1 Å². The van der Waals surface area contributed by atoms with Gasteiger partial charge in [0.2, 0.25) is 5.91 Å². The number of likely N-dealkylation sites (tertiary alicyclic amines) is 1. The molecular formula is C26H30F6N2O5S. The minimum atomic E-state index is -5.08. The lowest BCUT2D eigenvalue weighted by atomic mass is 9.85. The molecule has 40 heavy (non-hydrogen) atoms. The molecule has 2 aromatic rings. The van der Waals surface area contributed by atoms with Crippen LogP contribution in [0.5, 0.6) is 0 Å². The first-order valence-electron chi connectivity index (χ1n) is 12.1. The Morgan fingerprint density at radius 1 is 0.975 bits per heavy atom. The Labute approximate surface area is 227 Å². The quantitative estimate of drug-likeness (QED) is 0.467. The third-order valence-corrected chi connectivity index (χ3v) is 9.41. The summed E-state index contributed by atoms with van der Waals surface area (Å²) >= 11 is 0. The van der Waals surface area contributed by atoms with Crippen molar-refractivity contribution < 1.29 is 49.5 Å². The van der Waals surface area contributed by atoms with Crippen LogP contribution >= 0.6 is 0 Å². The first kappa shape index (κ1) is 33.1. The highest BCUT2D eigenvalue weighted by Crippen LogP contribution is 2.39. The van der Waals surface area contributed by atoms with Crippen molar-refractivity contribution in [2.24, 2.45) is 11.7 Å². The SMILES string of the molecule is CC(C)(C1CCN(C(=O)[C@H](N)Cc2ccccc2)CC1)S(=O)(=O)c1cccc(C(F)(F)F)c1.O=C(O)C(F)(F)F. The minimum Gasteiger partial charge on any atom is -0.475 e. The van der Waals surface area contributed by atoms with E-state index in [1.54, 1.807) is 18.7 Å². The van der Waals surface area contributed by atoms with Gasteiger partial charge in [-0.2, -0.15) is 26.3 Å². The number of benzene rings is 2. The molecule has 1 amide bonds. The van der Waals surface area contributed by atoms with E-state index in [1.165, 1.54) is 6.07 Å². The Bertz CT molecular complexity index is 1270. The van der Waals surface area contributed by atoms with Crippen molar-refractivity contribution in [3.05, 3.63) is 65.7 Å². The van der Waals surface area contributed by atoms with E-state index in [0.717, 1.165) is 17.7 Å². The van der Waals surface area contributed by atoms with Crippen LogP contribution in [0, 0.1) is 5.92 Å². The number of carboxylic acids is 1. The number of hydrogen-bond donors (Lipinski definition) is 2. The van der Waals surface area contributed by atoms with Crippen LogP contribution in [-0.4, -0.2) is 60.4 Å². The van der Waals surface area contributed by atoms with E-state index < -0.39 is 44.5 Å². The number of carbonyl (C=O) groups is 2. The molecule has 7 nitrogen and oxygen atoms in total. The predicted molar refractivity (Wildman–Crippen MR) is 134 cm³/mol. The van der Waals surface area contributed by atoms with Crippen LogP contribution < -0.4 is 5.73 Å². The summed E-state index contributed by atoms with van der Waals surface area (Å²) in [5.74, 6) is -3.25. The van der Waals surface area contributed by atoms with Crippen molar-refractivity contribution in [2.45, 2.75) is 61.1 Å². The molecule has 14 heteroatoms. The maximum atomic E-state index is 13.3. The smallest absolute Gasteiger partial charge is 0.475 e. The van der Waals surface area contributed by atoms with E-state index in [0.29, 0.717) is 38.4 Å². The molecular weight excluding hydrogens is 566 g/mol. The van der Waals surface area contributed by atoms with Gasteiger partial charge in [-0.3, -0.25) is 4.79 Å². The molecule has 0 saturated carbocycles. The number of nitrogens with two attached hydrogens (primary N) is 1. The van der Waals surface area contributed by atoms with Gasteiger partial charge in [-0.15, -0.1) is 0 Å². The molecule has 1 saturated heterocycles. The molecule has 0 aromatic heterocycles. The van der Waals surface area contributed by atoms with E-state index in [-0.39, 0.29) is 16.7 Å². The number of rotatable bonds is 6. The molecule has 1 aliphatic heterocycles. The van der Waals surface area contributed by atoms with Crippen molar-refractivity contribution >= 4 is 21.7 Å². The summed E-state index contributed by atoms with van der Waals surface area (Å²) in [7, 11) is -4.04. The number of nitrogens with zero attached hydrogens (tertiary/aromatic N) is 1. The number of carboxylic acid groups (broad SMARTS) is 1. The average molecular weight is 597 g/mol. The third kappa shape index (κ3) is 8.19. The van der Waals surface area contributed by atoms with Crippen molar-refractivity contribution in [3.8, 4) is 0 Å². The molecule has 0 bridgehead atoms. The van der Waals surface area contributed by atoms with Gasteiger partial charge >= 0.3 is 18.3 Å². The lowest BCUT2D eigenvalue weighted by Crippen LogP contribution is -2.51. The van der Waals surface area contributed by atoms with Crippen molar-refractivity contribution in [3.63, 3.8) is 0 Å². The summed E-state index contributed by atoms with van der Waals surface area (Å²) in [6.45, 7) is 3.80. The molecule has 0 unspecified atom stereocenters. The highest BCUT2D eigenvalue weighted by Gasteiger charge is 2.45. The molecule has 0 radical (unpaired) electrons. The number of piperidine rings is 1. The predicted octanol–water partition coefficient (Wildman–Crippen LogP) is 4.70. The Hall–Kier alpha value is -3.13. The number of carbonyl (C=O) groups excluding carboxylic acids is 1. The number of sulfone groups is 1. The first-order chi connectivity index (χ1) is 18.3. The van der Waals surface area contributed by atoms with Crippen LogP contribution in [0.4, 0.5) is 26.3 Å². The molecule has 2 aromatic carbocycles. The van der Waals surface area contributed by atoms with Crippen molar-refractivity contribution in [1.29, 1.82) is 0 Å². The number of amides is 1. The summed E-state index contributed by atoms with van der Waals surface area (Å²) in [5.41, 5.74) is 6.08. The van der Waals surface area contributed by atoms with Crippen LogP contribution in [-0.2, 0) is 32.0 Å². The normalized spacial score (nSPS) is 16.1. The zero-order chi connectivity index (χ0) is 30.5. The van der Waals surface area contributed by atoms with Crippen LogP contribution in [0.3, 0.4) is 0 Å². The van der Waals surface area contributed by atoms with Gasteiger partial charge in [0.1, 0.15) is 0 Å². The lowest BCUT2D eigenvalue weighted by molar-refractivity contribution is -0.192. The van der Waals surface area contributed by atoms with E-state index >= 15 is 0 Å². The monoisotopic (exact) mass is 596 g/mol. The molecule has 1 fully saturated rings. The van der Waals surface area contributed by atoms with Crippen molar-refractivity contribution in [1.82, 2.24) is 4.90 Å². The van der Waals surface area contributed by atoms with E-state index in [1.807, 2.05) is 30.3 Å². The van der Waals surface area contributed by atoms with Crippen LogP contribution in [0.1, 0.15) is 37.8 Å². The summed E-state index contributed by atoms with van der Waals surface area (Å²) < 4.78 is 96.3. The molecule has 0 spiro atoms. The first-order valence-corrected chi connectivity index (χ1v) is 13.6. The number of hydrogen-bond acceptors (Lipinski definition) is 5. The molecule has 1 atom stereocenters. The van der Waals surface area contributed by atoms with Gasteiger partial charge in [0.15, 0.2) is 9.84 Å². The second-order valence-electron chi connectivity index (χ2n) is 9.83. The Kier molecular flexibility index (Phi) is 10.4. The highest BCUT2D eigenvalue weighted by molar-refractivity contribution is 7.92. The van der Waals surface area contributed by atoms with E-state index in [9.17, 15) is 39.6 Å². The van der Waals surface area contributed by atoms with Gasteiger partial charge in [0.05, 0.1) is 21.2 Å². The van der Waals surface area contributed by atoms with E-state index in [2.05, 4.69) is 0 Å². The van der Waals surface area contributed by atoms with Gasteiger partial charge in [0, 0.05) is 13.1 Å². The maximum absolute atomic E-state index is 13.3. The molecule has 1 heterocycles. The molecule has 1 aliphatic rings. The van der Waals surface area contributed by atoms with Crippen LogP contribution in [0.25, 0.3) is 0 Å². The second-order valence-corrected chi connectivity index (χ2v) is 12.4. The highest BCUT2D eigenvalue weighted by atomic mass is 32.2. The summed E-state index contributed by atoms with van der Waals surface area (Å²) in [4.78, 5) is 23.0. The number of alkyl halides is 6. The lowest BCUT2D eigenvalue weighted by Gasteiger charge is -2.40. The summed E-state index contributed by atoms with van der Waals surface area (Å²) in [5, 5.41) is 7.12. The zero-order valence-corrected chi connectivity index (χ0v) is 22.5. The Balaban J connectivity index is 0.000000708. The Morgan fingerprint density at radius 2 is 1.50 bits per heavy atom. The summed E-state index contributed by atoms with van der Waals surface area (Å²) in [6.07, 6.45) is -8.45. The fourth-order valence-corrected chi connectivity index (χ4v) is 6.17. The fraction of sp³-hybridized carbons (Fsp3) is 0.462. The Morgan fingerprint density at radius 3 is 1.98 bits per heavy atom. The average Bonchev–Trinajstić information content (AvgIpc) is 2.88. The van der Waals surface area contributed by atoms with Gasteiger partial charge in [-0.05, 0) is 62.8 Å². The van der Waals surface area contributed by atoms with Crippen LogP contribution in [0.2, 0.25) is 0 Å². The zero-order valence-electron chi connectivity index (χ0n) is 21.7. The second kappa shape index (κ2) is 12.6. The van der Waals surface area contributed by atoms with Gasteiger partial charge in [-0.1, -0.05) is 36.4 Å². The fourth-order valence-electron chi connectivity index (χ4n) is 4.35. The van der Waals surface area contributed by atoms with Gasteiger partial charge < -0.3 is 15.7 Å². The van der Waals surface area contributed by atoms with Crippen LogP contribution in [0.15, 0.2) is 59.5 Å². The third-order valence-electron chi connectivity index (χ3n) is 6.81. The number of halogens is 6.